The fraction of sp³-hybridized carbons (Fsp3) is 0.143. The van der Waals surface area contributed by atoms with Crippen molar-refractivity contribution in [3.05, 3.63) is 77.2 Å². The summed E-state index contributed by atoms with van der Waals surface area (Å²) in [7, 11) is 0. The molecule has 2 heterocycles. The van der Waals surface area contributed by atoms with E-state index >= 15 is 0 Å². The molecule has 1 amide bonds. The van der Waals surface area contributed by atoms with Gasteiger partial charge in [-0.25, -0.2) is 0 Å². The van der Waals surface area contributed by atoms with Gasteiger partial charge in [-0.05, 0) is 55.5 Å². The number of fused-ring (bicyclic) bond motifs is 3. The van der Waals surface area contributed by atoms with Crippen molar-refractivity contribution in [1.82, 2.24) is 8.97 Å². The van der Waals surface area contributed by atoms with E-state index in [1.165, 1.54) is 4.57 Å². The number of amides is 1. The van der Waals surface area contributed by atoms with Gasteiger partial charge in [0.25, 0.3) is 5.56 Å². The zero-order valence-corrected chi connectivity index (χ0v) is 14.9. The number of anilines is 1. The highest BCUT2D eigenvalue weighted by atomic mass is 16.5. The molecule has 6 nitrogen and oxygen atoms in total. The number of rotatable bonds is 5. The van der Waals surface area contributed by atoms with Gasteiger partial charge in [-0.15, -0.1) is 0 Å². The maximum atomic E-state index is 12.9. The number of carbonyl (C=O) groups excluding carboxylic acids is 1. The third kappa shape index (κ3) is 3.17. The molecule has 0 fully saturated rings. The maximum absolute atomic E-state index is 12.9. The lowest BCUT2D eigenvalue weighted by Gasteiger charge is -2.13. The van der Waals surface area contributed by atoms with Crippen LogP contribution in [0.2, 0.25) is 0 Å². The Labute approximate surface area is 155 Å². The first-order valence-corrected chi connectivity index (χ1v) is 8.78. The van der Waals surface area contributed by atoms with E-state index in [0.717, 1.165) is 11.3 Å². The molecule has 27 heavy (non-hydrogen) atoms. The van der Waals surface area contributed by atoms with Crippen LogP contribution in [0.25, 0.3) is 16.6 Å². The predicted octanol–water partition coefficient (Wildman–Crippen LogP) is 3.29. The molecule has 6 heteroatoms. The van der Waals surface area contributed by atoms with E-state index in [1.807, 2.05) is 47.9 Å². The van der Waals surface area contributed by atoms with Crippen LogP contribution in [-0.4, -0.2) is 21.5 Å². The van der Waals surface area contributed by atoms with Gasteiger partial charge < -0.3 is 14.5 Å². The quantitative estimate of drug-likeness (QED) is 0.593. The van der Waals surface area contributed by atoms with Crippen LogP contribution in [0.5, 0.6) is 5.75 Å². The number of aromatic nitrogens is 2. The lowest BCUT2D eigenvalue weighted by Crippen LogP contribution is -2.29. The van der Waals surface area contributed by atoms with Crippen molar-refractivity contribution in [2.75, 3.05) is 11.9 Å². The smallest absolute Gasteiger partial charge is 0.275 e. The second-order valence-electron chi connectivity index (χ2n) is 6.15. The molecule has 0 aliphatic rings. The Balaban J connectivity index is 1.65. The molecule has 2 aromatic carbocycles. The average Bonchev–Trinajstić information content (AvgIpc) is 3.17. The molecule has 4 rings (SSSR count). The molecule has 0 saturated carbocycles. The Hall–Kier alpha value is -3.54. The van der Waals surface area contributed by atoms with Crippen LogP contribution in [0.1, 0.15) is 6.92 Å². The van der Waals surface area contributed by atoms with Crippen molar-refractivity contribution in [1.29, 1.82) is 0 Å². The second kappa shape index (κ2) is 6.99. The Bertz CT molecular complexity index is 1170. The third-order valence-electron chi connectivity index (χ3n) is 4.40. The predicted molar refractivity (Wildman–Crippen MR) is 105 cm³/mol. The van der Waals surface area contributed by atoms with E-state index in [1.54, 1.807) is 30.3 Å². The molecule has 4 aromatic rings. The van der Waals surface area contributed by atoms with Crippen molar-refractivity contribution >= 4 is 28.1 Å². The minimum absolute atomic E-state index is 0.0613. The van der Waals surface area contributed by atoms with Crippen LogP contribution in [-0.2, 0) is 11.3 Å². The normalized spacial score (nSPS) is 11.0. The SMILES string of the molecule is CCOc1ccc(NC(=O)Cn2c(=O)c3cccn3c3ccccc32)cc1. The van der Waals surface area contributed by atoms with Crippen molar-refractivity contribution in [2.24, 2.45) is 0 Å². The van der Waals surface area contributed by atoms with E-state index in [4.69, 9.17) is 4.74 Å². The van der Waals surface area contributed by atoms with Gasteiger partial charge in [0.1, 0.15) is 17.8 Å². The van der Waals surface area contributed by atoms with Crippen molar-refractivity contribution in [3.8, 4) is 5.75 Å². The van der Waals surface area contributed by atoms with Crippen LogP contribution in [0.15, 0.2) is 71.7 Å². The molecule has 0 spiro atoms. The Morgan fingerprint density at radius 3 is 2.41 bits per heavy atom. The Morgan fingerprint density at radius 2 is 1.67 bits per heavy atom. The van der Waals surface area contributed by atoms with Crippen LogP contribution in [0.3, 0.4) is 0 Å². The van der Waals surface area contributed by atoms with Gasteiger partial charge in [0, 0.05) is 11.9 Å². The van der Waals surface area contributed by atoms with E-state index < -0.39 is 0 Å². The van der Waals surface area contributed by atoms with Gasteiger partial charge in [0.2, 0.25) is 5.91 Å². The molecule has 0 unspecified atom stereocenters. The summed E-state index contributed by atoms with van der Waals surface area (Å²) in [6, 6.07) is 18.3. The molecule has 0 atom stereocenters. The van der Waals surface area contributed by atoms with Crippen LogP contribution >= 0.6 is 0 Å². The fourth-order valence-corrected chi connectivity index (χ4v) is 3.21. The minimum Gasteiger partial charge on any atom is -0.494 e. The van der Waals surface area contributed by atoms with E-state index in [0.29, 0.717) is 23.3 Å². The second-order valence-corrected chi connectivity index (χ2v) is 6.15. The molecule has 0 radical (unpaired) electrons. The van der Waals surface area contributed by atoms with Crippen molar-refractivity contribution in [2.45, 2.75) is 13.5 Å². The number of hydrogen-bond donors (Lipinski definition) is 1. The van der Waals surface area contributed by atoms with Crippen LogP contribution in [0.4, 0.5) is 5.69 Å². The summed E-state index contributed by atoms with van der Waals surface area (Å²) in [5, 5.41) is 2.83. The summed E-state index contributed by atoms with van der Waals surface area (Å²) in [5.41, 5.74) is 2.60. The fourth-order valence-electron chi connectivity index (χ4n) is 3.21. The topological polar surface area (TPSA) is 64.7 Å². The van der Waals surface area contributed by atoms with Gasteiger partial charge in [0.05, 0.1) is 17.6 Å². The maximum Gasteiger partial charge on any atom is 0.275 e. The van der Waals surface area contributed by atoms with Gasteiger partial charge in [-0.3, -0.25) is 14.2 Å². The number of ether oxygens (including phenoxy) is 1. The van der Waals surface area contributed by atoms with Crippen molar-refractivity contribution in [3.63, 3.8) is 0 Å². The largest absolute Gasteiger partial charge is 0.494 e. The van der Waals surface area contributed by atoms with E-state index in [2.05, 4.69) is 5.32 Å². The summed E-state index contributed by atoms with van der Waals surface area (Å²) in [6.45, 7) is 2.44. The lowest BCUT2D eigenvalue weighted by atomic mass is 10.2. The molecule has 2 aromatic heterocycles. The molecular formula is C21H19N3O3. The van der Waals surface area contributed by atoms with E-state index in [9.17, 15) is 9.59 Å². The number of benzene rings is 2. The Kier molecular flexibility index (Phi) is 4.38. The van der Waals surface area contributed by atoms with Gasteiger partial charge in [-0.2, -0.15) is 0 Å². The monoisotopic (exact) mass is 361 g/mol. The first kappa shape index (κ1) is 16.9. The van der Waals surface area contributed by atoms with Crippen molar-refractivity contribution < 1.29 is 9.53 Å². The standard InChI is InChI=1S/C21H19N3O3/c1-2-27-16-11-9-15(10-12-16)22-20(25)14-24-18-7-4-3-6-17(18)23-13-5-8-19(23)21(24)26/h3-13H,2,14H2,1H3,(H,22,25). The Morgan fingerprint density at radius 1 is 0.963 bits per heavy atom. The summed E-state index contributed by atoms with van der Waals surface area (Å²) >= 11 is 0. The zero-order valence-electron chi connectivity index (χ0n) is 14.9. The molecule has 0 saturated heterocycles. The highest BCUT2D eigenvalue weighted by molar-refractivity contribution is 5.92. The van der Waals surface area contributed by atoms with Gasteiger partial charge in [-0.1, -0.05) is 12.1 Å². The first-order chi connectivity index (χ1) is 13.2. The van der Waals surface area contributed by atoms with Gasteiger partial charge >= 0.3 is 0 Å². The third-order valence-corrected chi connectivity index (χ3v) is 4.40. The summed E-state index contributed by atoms with van der Waals surface area (Å²) < 4.78 is 8.75. The molecular weight excluding hydrogens is 342 g/mol. The molecule has 0 aliphatic carbocycles. The number of hydrogen-bond acceptors (Lipinski definition) is 3. The molecule has 0 bridgehead atoms. The molecule has 0 aliphatic heterocycles. The summed E-state index contributed by atoms with van der Waals surface area (Å²) in [4.78, 5) is 25.4. The summed E-state index contributed by atoms with van der Waals surface area (Å²) in [6.07, 6.45) is 1.85. The number of nitrogens with zero attached hydrogens (tertiary/aromatic N) is 2. The number of nitrogens with one attached hydrogen (secondary N) is 1. The minimum atomic E-state index is -0.262. The summed E-state index contributed by atoms with van der Waals surface area (Å²) in [5.74, 6) is 0.485. The number of carbonyl (C=O) groups is 1. The average molecular weight is 361 g/mol. The highest BCUT2D eigenvalue weighted by Gasteiger charge is 2.13. The number of para-hydroxylation sites is 2. The molecule has 1 N–H and O–H groups in total. The van der Waals surface area contributed by atoms with Crippen LogP contribution < -0.4 is 15.6 Å². The van der Waals surface area contributed by atoms with Crippen LogP contribution in [0, 0.1) is 0 Å². The van der Waals surface area contributed by atoms with E-state index in [-0.39, 0.29) is 18.0 Å². The van der Waals surface area contributed by atoms with Gasteiger partial charge in [0.15, 0.2) is 0 Å². The zero-order chi connectivity index (χ0) is 18.8. The first-order valence-electron chi connectivity index (χ1n) is 8.78. The lowest BCUT2D eigenvalue weighted by molar-refractivity contribution is -0.116. The molecule has 136 valence electrons. The highest BCUT2D eigenvalue weighted by Crippen LogP contribution is 2.17.